The Morgan fingerprint density at radius 2 is 1.84 bits per heavy atom. The maximum absolute atomic E-state index is 12.7. The van der Waals surface area contributed by atoms with E-state index in [9.17, 15) is 4.79 Å². The van der Waals surface area contributed by atoms with Crippen molar-refractivity contribution in [3.05, 3.63) is 88.8 Å². The Morgan fingerprint density at radius 3 is 2.56 bits per heavy atom. The number of amides is 1. The van der Waals surface area contributed by atoms with E-state index in [1.165, 1.54) is 0 Å². The van der Waals surface area contributed by atoms with Crippen LogP contribution < -0.4 is 4.74 Å². The molecular weight excluding hydrogens is 338 g/mol. The Hall–Kier alpha value is -2.72. The van der Waals surface area contributed by atoms with Crippen molar-refractivity contribution in [1.82, 2.24) is 4.90 Å². The fourth-order valence-corrected chi connectivity index (χ4v) is 2.55. The lowest BCUT2D eigenvalue weighted by molar-refractivity contribution is 0.0770. The van der Waals surface area contributed by atoms with Crippen LogP contribution in [0, 0.1) is 0 Å². The van der Waals surface area contributed by atoms with Gasteiger partial charge in [-0.25, -0.2) is 0 Å². The van der Waals surface area contributed by atoms with Crippen LogP contribution in [0.5, 0.6) is 5.75 Å². The highest BCUT2D eigenvalue weighted by atomic mass is 35.5. The minimum Gasteiger partial charge on any atom is -0.488 e. The van der Waals surface area contributed by atoms with Crippen LogP contribution in [0.1, 0.15) is 21.7 Å². The highest BCUT2D eigenvalue weighted by Crippen LogP contribution is 2.22. The van der Waals surface area contributed by atoms with Crippen molar-refractivity contribution in [2.75, 3.05) is 7.05 Å². The fraction of sp³-hybridized carbons (Fsp3) is 0.150. The lowest BCUT2D eigenvalue weighted by Crippen LogP contribution is -2.26. The summed E-state index contributed by atoms with van der Waals surface area (Å²) in [5.74, 6) is 1.16. The molecule has 0 atom stereocenters. The number of carbonyl (C=O) groups excluding carboxylic acids is 1. The predicted octanol–water partition coefficient (Wildman–Crippen LogP) is 4.78. The standard InChI is InChI=1S/C20H18ClNO3/c1-22(13-17-5-4-12-24-17)20(23)18-6-2-3-7-19(18)25-14-15-8-10-16(21)11-9-15/h2-12H,13-14H2,1H3. The number of hydrogen-bond donors (Lipinski definition) is 0. The number of benzene rings is 2. The van der Waals surface area contributed by atoms with Crippen LogP contribution in [-0.4, -0.2) is 17.9 Å². The number of ether oxygens (including phenoxy) is 1. The van der Waals surface area contributed by atoms with E-state index >= 15 is 0 Å². The van der Waals surface area contributed by atoms with Gasteiger partial charge in [0.15, 0.2) is 0 Å². The molecule has 1 heterocycles. The third-order valence-electron chi connectivity index (χ3n) is 3.74. The molecule has 1 amide bonds. The summed E-state index contributed by atoms with van der Waals surface area (Å²) in [6.07, 6.45) is 1.59. The van der Waals surface area contributed by atoms with Gasteiger partial charge in [0.2, 0.25) is 0 Å². The van der Waals surface area contributed by atoms with E-state index in [1.807, 2.05) is 42.5 Å². The number of halogens is 1. The molecule has 0 unspecified atom stereocenters. The van der Waals surface area contributed by atoms with Gasteiger partial charge in [0.25, 0.3) is 5.91 Å². The van der Waals surface area contributed by atoms with Gasteiger partial charge in [-0.15, -0.1) is 0 Å². The first kappa shape index (κ1) is 17.1. The Labute approximate surface area is 151 Å². The monoisotopic (exact) mass is 355 g/mol. The van der Waals surface area contributed by atoms with Gasteiger partial charge in [-0.3, -0.25) is 4.79 Å². The van der Waals surface area contributed by atoms with Gasteiger partial charge in [0, 0.05) is 12.1 Å². The molecule has 5 heteroatoms. The van der Waals surface area contributed by atoms with Gasteiger partial charge in [0.05, 0.1) is 18.4 Å². The molecule has 0 aliphatic rings. The maximum Gasteiger partial charge on any atom is 0.257 e. The van der Waals surface area contributed by atoms with Gasteiger partial charge in [-0.1, -0.05) is 35.9 Å². The minimum absolute atomic E-state index is 0.122. The topological polar surface area (TPSA) is 42.7 Å². The fourth-order valence-electron chi connectivity index (χ4n) is 2.42. The molecule has 25 heavy (non-hydrogen) atoms. The van der Waals surface area contributed by atoms with Crippen LogP contribution in [0.3, 0.4) is 0 Å². The number of furan rings is 1. The van der Waals surface area contributed by atoms with Crippen molar-refractivity contribution in [2.45, 2.75) is 13.2 Å². The van der Waals surface area contributed by atoms with Crippen molar-refractivity contribution in [3.63, 3.8) is 0 Å². The van der Waals surface area contributed by atoms with Crippen molar-refractivity contribution in [1.29, 1.82) is 0 Å². The molecule has 3 aromatic rings. The van der Waals surface area contributed by atoms with E-state index in [1.54, 1.807) is 36.4 Å². The second-order valence-electron chi connectivity index (χ2n) is 5.65. The van der Waals surface area contributed by atoms with Crippen LogP contribution in [0.15, 0.2) is 71.3 Å². The Balaban J connectivity index is 1.71. The minimum atomic E-state index is -0.122. The molecule has 0 spiro atoms. The van der Waals surface area contributed by atoms with Gasteiger partial charge >= 0.3 is 0 Å². The molecule has 4 nitrogen and oxygen atoms in total. The lowest BCUT2D eigenvalue weighted by atomic mass is 10.1. The van der Waals surface area contributed by atoms with Crippen LogP contribution in [0.25, 0.3) is 0 Å². The molecule has 1 aromatic heterocycles. The van der Waals surface area contributed by atoms with Crippen LogP contribution in [-0.2, 0) is 13.2 Å². The zero-order valence-electron chi connectivity index (χ0n) is 13.8. The summed E-state index contributed by atoms with van der Waals surface area (Å²) >= 11 is 5.89. The van der Waals surface area contributed by atoms with Gasteiger partial charge < -0.3 is 14.1 Å². The number of rotatable bonds is 6. The molecular formula is C20H18ClNO3. The molecule has 0 aliphatic carbocycles. The zero-order valence-corrected chi connectivity index (χ0v) is 14.6. The molecule has 128 valence electrons. The summed E-state index contributed by atoms with van der Waals surface area (Å²) in [6.45, 7) is 0.765. The first-order valence-electron chi connectivity index (χ1n) is 7.87. The normalized spacial score (nSPS) is 10.5. The van der Waals surface area contributed by atoms with Crippen LogP contribution in [0.2, 0.25) is 5.02 Å². The molecule has 0 N–H and O–H groups in total. The average Bonchev–Trinajstić information content (AvgIpc) is 3.14. The summed E-state index contributed by atoms with van der Waals surface area (Å²) in [4.78, 5) is 14.3. The van der Waals surface area contributed by atoms with Crippen molar-refractivity contribution >= 4 is 17.5 Å². The Morgan fingerprint density at radius 1 is 1.08 bits per heavy atom. The van der Waals surface area contributed by atoms with E-state index in [4.69, 9.17) is 20.8 Å². The van der Waals surface area contributed by atoms with E-state index in [0.717, 1.165) is 11.3 Å². The van der Waals surface area contributed by atoms with Crippen LogP contribution in [0.4, 0.5) is 0 Å². The highest BCUT2D eigenvalue weighted by molar-refractivity contribution is 6.30. The Bertz CT molecular complexity index is 828. The first-order valence-corrected chi connectivity index (χ1v) is 8.25. The number of hydrogen-bond acceptors (Lipinski definition) is 3. The molecule has 0 saturated carbocycles. The molecule has 0 bridgehead atoms. The SMILES string of the molecule is CN(Cc1ccco1)C(=O)c1ccccc1OCc1ccc(Cl)cc1. The zero-order chi connectivity index (χ0) is 17.6. The second-order valence-corrected chi connectivity index (χ2v) is 6.09. The summed E-state index contributed by atoms with van der Waals surface area (Å²) < 4.78 is 11.2. The summed E-state index contributed by atoms with van der Waals surface area (Å²) in [5.41, 5.74) is 1.50. The van der Waals surface area contributed by atoms with Crippen LogP contribution >= 0.6 is 11.6 Å². The molecule has 0 saturated heterocycles. The van der Waals surface area contributed by atoms with Crippen molar-refractivity contribution < 1.29 is 13.9 Å². The highest BCUT2D eigenvalue weighted by Gasteiger charge is 2.17. The summed E-state index contributed by atoms with van der Waals surface area (Å²) in [6, 6.07) is 18.3. The first-order chi connectivity index (χ1) is 12.1. The Kier molecular flexibility index (Phi) is 5.41. The van der Waals surface area contributed by atoms with E-state index in [2.05, 4.69) is 0 Å². The lowest BCUT2D eigenvalue weighted by Gasteiger charge is -2.18. The van der Waals surface area contributed by atoms with Gasteiger partial charge in [-0.2, -0.15) is 0 Å². The third-order valence-corrected chi connectivity index (χ3v) is 4.00. The second kappa shape index (κ2) is 7.90. The van der Waals surface area contributed by atoms with E-state index < -0.39 is 0 Å². The average molecular weight is 356 g/mol. The van der Waals surface area contributed by atoms with E-state index in [0.29, 0.717) is 29.5 Å². The molecule has 0 fully saturated rings. The van der Waals surface area contributed by atoms with Gasteiger partial charge in [0.1, 0.15) is 18.1 Å². The van der Waals surface area contributed by atoms with Gasteiger partial charge in [-0.05, 0) is 42.0 Å². The van der Waals surface area contributed by atoms with Crippen molar-refractivity contribution in [3.8, 4) is 5.75 Å². The quantitative estimate of drug-likeness (QED) is 0.638. The number of nitrogens with zero attached hydrogens (tertiary/aromatic N) is 1. The maximum atomic E-state index is 12.7. The third kappa shape index (κ3) is 4.43. The number of para-hydroxylation sites is 1. The van der Waals surface area contributed by atoms with Crippen molar-refractivity contribution in [2.24, 2.45) is 0 Å². The predicted molar refractivity (Wildman–Crippen MR) is 96.7 cm³/mol. The number of carbonyl (C=O) groups is 1. The molecule has 0 aliphatic heterocycles. The smallest absolute Gasteiger partial charge is 0.257 e. The summed E-state index contributed by atoms with van der Waals surface area (Å²) in [5, 5.41) is 0.680. The molecule has 2 aromatic carbocycles. The molecule has 3 rings (SSSR count). The summed E-state index contributed by atoms with van der Waals surface area (Å²) in [7, 11) is 1.74. The van der Waals surface area contributed by atoms with E-state index in [-0.39, 0.29) is 5.91 Å². The largest absolute Gasteiger partial charge is 0.488 e. The molecule has 0 radical (unpaired) electrons.